The third-order valence-corrected chi connectivity index (χ3v) is 5.50. The number of rotatable bonds is 4. The number of nitrogens with zero attached hydrogens (tertiary/aromatic N) is 1. The van der Waals surface area contributed by atoms with Gasteiger partial charge in [0.2, 0.25) is 0 Å². The Morgan fingerprint density at radius 1 is 0.586 bits per heavy atom. The molecule has 1 heterocycles. The highest BCUT2D eigenvalue weighted by Gasteiger charge is 2.14. The first-order valence-corrected chi connectivity index (χ1v) is 9.77. The zero-order chi connectivity index (χ0) is 19.8. The zero-order valence-corrected chi connectivity index (χ0v) is 16.2. The van der Waals surface area contributed by atoms with Gasteiger partial charge in [0.25, 0.3) is 0 Å². The fourth-order valence-electron chi connectivity index (χ4n) is 4.04. The molecule has 0 aliphatic heterocycles. The van der Waals surface area contributed by atoms with Crippen LogP contribution < -0.4 is 0 Å². The van der Waals surface area contributed by atoms with E-state index in [4.69, 9.17) is 0 Å². The summed E-state index contributed by atoms with van der Waals surface area (Å²) in [6.07, 6.45) is 1.81. The molecule has 4 aromatic carbocycles. The van der Waals surface area contributed by atoms with Crippen LogP contribution in [0, 0.1) is 0 Å². The van der Waals surface area contributed by atoms with Gasteiger partial charge in [0, 0.05) is 16.5 Å². The number of hydrogen-bond donors (Lipinski definition) is 0. The van der Waals surface area contributed by atoms with E-state index in [1.165, 1.54) is 33.0 Å². The van der Waals surface area contributed by atoms with Gasteiger partial charge in [0.05, 0.1) is 11.0 Å². The lowest BCUT2D eigenvalue weighted by atomic mass is 10.0. The van der Waals surface area contributed by atoms with Crippen LogP contribution in [-0.2, 0) is 0 Å². The molecule has 1 heteroatoms. The average Bonchev–Trinajstić information content (AvgIpc) is 3.12. The molecule has 1 nitrogen and oxygen atoms in total. The SMILES string of the molecule is C=CC(=C)n1c2ccc(-c3ccccc3)cc2c2cc(-c3ccccc3)ccc21. The monoisotopic (exact) mass is 371 g/mol. The summed E-state index contributed by atoms with van der Waals surface area (Å²) in [7, 11) is 0. The van der Waals surface area contributed by atoms with Crippen molar-refractivity contribution >= 4 is 27.5 Å². The second kappa shape index (κ2) is 6.96. The second-order valence-corrected chi connectivity index (χ2v) is 7.23. The highest BCUT2D eigenvalue weighted by Crippen LogP contribution is 2.36. The lowest BCUT2D eigenvalue weighted by molar-refractivity contribution is 1.25. The fourth-order valence-corrected chi connectivity index (χ4v) is 4.04. The van der Waals surface area contributed by atoms with Gasteiger partial charge in [-0.25, -0.2) is 0 Å². The normalized spacial score (nSPS) is 11.0. The van der Waals surface area contributed by atoms with Crippen LogP contribution in [0.25, 0.3) is 49.8 Å². The molecular weight excluding hydrogens is 350 g/mol. The van der Waals surface area contributed by atoms with E-state index >= 15 is 0 Å². The molecule has 0 unspecified atom stereocenters. The summed E-state index contributed by atoms with van der Waals surface area (Å²) in [6.45, 7) is 8.16. The predicted octanol–water partition coefficient (Wildman–Crippen LogP) is 7.79. The van der Waals surface area contributed by atoms with E-state index in [1.54, 1.807) is 0 Å². The van der Waals surface area contributed by atoms with E-state index in [-0.39, 0.29) is 0 Å². The highest BCUT2D eigenvalue weighted by atomic mass is 15.0. The van der Waals surface area contributed by atoms with Crippen molar-refractivity contribution in [3.8, 4) is 22.3 Å². The number of allylic oxidation sites excluding steroid dienone is 2. The molecule has 0 radical (unpaired) electrons. The van der Waals surface area contributed by atoms with Crippen LogP contribution in [-0.4, -0.2) is 4.57 Å². The molecule has 0 aliphatic rings. The average molecular weight is 371 g/mol. The predicted molar refractivity (Wildman–Crippen MR) is 126 cm³/mol. The fraction of sp³-hybridized carbons (Fsp3) is 0. The Morgan fingerprint density at radius 2 is 1.03 bits per heavy atom. The van der Waals surface area contributed by atoms with Crippen molar-refractivity contribution in [3.63, 3.8) is 0 Å². The molecule has 0 atom stereocenters. The maximum Gasteiger partial charge on any atom is 0.0541 e. The maximum absolute atomic E-state index is 4.22. The molecule has 0 saturated heterocycles. The molecule has 0 fully saturated rings. The molecular formula is C28H21N. The lowest BCUT2D eigenvalue weighted by Crippen LogP contribution is -1.92. The van der Waals surface area contributed by atoms with E-state index in [1.807, 2.05) is 18.2 Å². The number of fused-ring (bicyclic) bond motifs is 3. The Hall–Kier alpha value is -3.84. The summed E-state index contributed by atoms with van der Waals surface area (Å²) in [5, 5.41) is 2.45. The van der Waals surface area contributed by atoms with Crippen molar-refractivity contribution in [1.29, 1.82) is 0 Å². The molecule has 29 heavy (non-hydrogen) atoms. The van der Waals surface area contributed by atoms with Crippen LogP contribution in [0.3, 0.4) is 0 Å². The summed E-state index contributed by atoms with van der Waals surface area (Å²) in [5.41, 5.74) is 8.04. The van der Waals surface area contributed by atoms with Gasteiger partial charge in [0.1, 0.15) is 0 Å². The molecule has 138 valence electrons. The number of hydrogen-bond acceptors (Lipinski definition) is 0. The summed E-state index contributed by atoms with van der Waals surface area (Å²) in [6, 6.07) is 34.3. The number of aromatic nitrogens is 1. The standard InChI is InChI=1S/C28H21N/c1-3-20(2)29-27-16-14-23(21-10-6-4-7-11-21)18-25(27)26-19-24(15-17-28(26)29)22-12-8-5-9-13-22/h3-19H,1-2H2. The van der Waals surface area contributed by atoms with Crippen LogP contribution in [0.1, 0.15) is 0 Å². The molecule has 0 spiro atoms. The van der Waals surface area contributed by atoms with Crippen molar-refractivity contribution in [2.24, 2.45) is 0 Å². The topological polar surface area (TPSA) is 4.93 Å². The quantitative estimate of drug-likeness (QED) is 0.284. The van der Waals surface area contributed by atoms with E-state index in [0.29, 0.717) is 0 Å². The lowest BCUT2D eigenvalue weighted by Gasteiger charge is -2.08. The van der Waals surface area contributed by atoms with Gasteiger partial charge in [-0.3, -0.25) is 0 Å². The van der Waals surface area contributed by atoms with Gasteiger partial charge in [0.15, 0.2) is 0 Å². The first kappa shape index (κ1) is 17.3. The Labute approximate surface area is 170 Å². The first-order valence-electron chi connectivity index (χ1n) is 9.77. The molecule has 0 N–H and O–H groups in total. The van der Waals surface area contributed by atoms with Gasteiger partial charge in [-0.2, -0.15) is 0 Å². The summed E-state index contributed by atoms with van der Waals surface area (Å²) >= 11 is 0. The van der Waals surface area contributed by atoms with E-state index in [0.717, 1.165) is 16.7 Å². The Kier molecular flexibility index (Phi) is 4.14. The van der Waals surface area contributed by atoms with E-state index < -0.39 is 0 Å². The molecule has 0 bridgehead atoms. The van der Waals surface area contributed by atoms with Gasteiger partial charge in [-0.15, -0.1) is 0 Å². The van der Waals surface area contributed by atoms with Crippen LogP contribution in [0.15, 0.2) is 116 Å². The van der Waals surface area contributed by atoms with Crippen LogP contribution in [0.2, 0.25) is 0 Å². The van der Waals surface area contributed by atoms with E-state index in [2.05, 4.69) is 103 Å². The van der Waals surface area contributed by atoms with Gasteiger partial charge < -0.3 is 4.57 Å². The maximum atomic E-state index is 4.22. The molecule has 0 aliphatic carbocycles. The minimum absolute atomic E-state index is 0.880. The summed E-state index contributed by atoms with van der Waals surface area (Å²) < 4.78 is 2.20. The third kappa shape index (κ3) is 2.88. The third-order valence-electron chi connectivity index (χ3n) is 5.50. The summed E-state index contributed by atoms with van der Waals surface area (Å²) in [5.74, 6) is 0. The molecule has 5 rings (SSSR count). The highest BCUT2D eigenvalue weighted by molar-refractivity contribution is 6.12. The Balaban J connectivity index is 1.83. The van der Waals surface area contributed by atoms with Crippen molar-refractivity contribution < 1.29 is 0 Å². The van der Waals surface area contributed by atoms with Crippen LogP contribution in [0.4, 0.5) is 0 Å². The Bertz CT molecular complexity index is 1260. The molecule has 0 saturated carbocycles. The van der Waals surface area contributed by atoms with Crippen molar-refractivity contribution in [3.05, 3.63) is 116 Å². The first-order chi connectivity index (χ1) is 14.3. The molecule has 5 aromatic rings. The molecule has 0 amide bonds. The van der Waals surface area contributed by atoms with Crippen molar-refractivity contribution in [1.82, 2.24) is 4.57 Å². The van der Waals surface area contributed by atoms with E-state index in [9.17, 15) is 0 Å². The van der Waals surface area contributed by atoms with Gasteiger partial charge in [-0.05, 0) is 52.6 Å². The minimum atomic E-state index is 0.880. The van der Waals surface area contributed by atoms with Crippen molar-refractivity contribution in [2.45, 2.75) is 0 Å². The summed E-state index contributed by atoms with van der Waals surface area (Å²) in [4.78, 5) is 0. The van der Waals surface area contributed by atoms with Crippen molar-refractivity contribution in [2.75, 3.05) is 0 Å². The largest absolute Gasteiger partial charge is 0.310 e. The second-order valence-electron chi connectivity index (χ2n) is 7.23. The van der Waals surface area contributed by atoms with Gasteiger partial charge >= 0.3 is 0 Å². The zero-order valence-electron chi connectivity index (χ0n) is 16.2. The Morgan fingerprint density at radius 3 is 1.45 bits per heavy atom. The smallest absolute Gasteiger partial charge is 0.0541 e. The van der Waals surface area contributed by atoms with Crippen LogP contribution >= 0.6 is 0 Å². The minimum Gasteiger partial charge on any atom is -0.310 e. The van der Waals surface area contributed by atoms with Crippen LogP contribution in [0.5, 0.6) is 0 Å². The number of benzene rings is 4. The molecule has 1 aromatic heterocycles. The van der Waals surface area contributed by atoms with Gasteiger partial charge in [-0.1, -0.05) is 86.0 Å².